The predicted octanol–water partition coefficient (Wildman–Crippen LogP) is 2.58. The summed E-state index contributed by atoms with van der Waals surface area (Å²) in [6.07, 6.45) is 1.48. The highest BCUT2D eigenvalue weighted by Crippen LogP contribution is 2.22. The van der Waals surface area contributed by atoms with Crippen LogP contribution in [-0.4, -0.2) is 18.0 Å². The van der Waals surface area contributed by atoms with E-state index in [1.165, 1.54) is 13.3 Å². The molecule has 5 nitrogen and oxygen atoms in total. The van der Waals surface area contributed by atoms with Gasteiger partial charge in [0.05, 0.1) is 24.7 Å². The zero-order valence-corrected chi connectivity index (χ0v) is 10.9. The van der Waals surface area contributed by atoms with Gasteiger partial charge in [-0.05, 0) is 30.3 Å². The highest BCUT2D eigenvalue weighted by Gasteiger charge is 2.09. The van der Waals surface area contributed by atoms with E-state index >= 15 is 0 Å². The summed E-state index contributed by atoms with van der Waals surface area (Å²) in [4.78, 5) is 15.9. The van der Waals surface area contributed by atoms with E-state index in [1.807, 2.05) is 0 Å². The molecule has 0 aliphatic rings. The first-order valence-corrected chi connectivity index (χ1v) is 5.84. The minimum Gasteiger partial charge on any atom is -0.495 e. The number of nitrogen functional groups attached to an aromatic ring is 1. The summed E-state index contributed by atoms with van der Waals surface area (Å²) in [5.74, 6) is 0.185. The third-order valence-electron chi connectivity index (χ3n) is 2.48. The Morgan fingerprint density at radius 3 is 2.79 bits per heavy atom. The normalized spacial score (nSPS) is 10.0. The van der Waals surface area contributed by atoms with Crippen molar-refractivity contribution in [3.63, 3.8) is 0 Å². The van der Waals surface area contributed by atoms with E-state index in [0.717, 1.165) is 0 Å². The van der Waals surface area contributed by atoms with Crippen molar-refractivity contribution >= 4 is 28.9 Å². The van der Waals surface area contributed by atoms with E-state index < -0.39 is 0 Å². The first kappa shape index (κ1) is 13.2. The van der Waals surface area contributed by atoms with Gasteiger partial charge in [0, 0.05) is 5.56 Å². The molecule has 0 aliphatic heterocycles. The summed E-state index contributed by atoms with van der Waals surface area (Å²) >= 11 is 5.67. The van der Waals surface area contributed by atoms with Crippen molar-refractivity contribution in [3.05, 3.63) is 47.2 Å². The lowest BCUT2D eigenvalue weighted by Gasteiger charge is -2.08. The second-order valence-electron chi connectivity index (χ2n) is 3.78. The monoisotopic (exact) mass is 277 g/mol. The van der Waals surface area contributed by atoms with Crippen LogP contribution in [0.2, 0.25) is 5.15 Å². The molecule has 0 spiro atoms. The molecule has 1 aromatic carbocycles. The van der Waals surface area contributed by atoms with Crippen molar-refractivity contribution in [2.75, 3.05) is 18.2 Å². The molecule has 0 bridgehead atoms. The van der Waals surface area contributed by atoms with Gasteiger partial charge in [-0.25, -0.2) is 4.98 Å². The Labute approximate surface area is 115 Å². The number of carbonyl (C=O) groups excluding carboxylic acids is 1. The number of methoxy groups -OCH3 is 1. The van der Waals surface area contributed by atoms with Crippen LogP contribution in [0.25, 0.3) is 0 Å². The smallest absolute Gasteiger partial charge is 0.255 e. The van der Waals surface area contributed by atoms with E-state index in [2.05, 4.69) is 10.3 Å². The maximum absolute atomic E-state index is 12.0. The Hall–Kier alpha value is -2.27. The number of carbonyl (C=O) groups is 1. The summed E-state index contributed by atoms with van der Waals surface area (Å²) in [6.45, 7) is 0. The van der Waals surface area contributed by atoms with Crippen molar-refractivity contribution in [3.8, 4) is 5.75 Å². The van der Waals surface area contributed by atoms with E-state index in [-0.39, 0.29) is 5.91 Å². The van der Waals surface area contributed by atoms with Gasteiger partial charge in [-0.1, -0.05) is 11.6 Å². The minimum atomic E-state index is -0.276. The number of nitrogens with two attached hydrogens (primary N) is 1. The first-order valence-electron chi connectivity index (χ1n) is 5.46. The molecule has 19 heavy (non-hydrogen) atoms. The SMILES string of the molecule is COc1cc(C(=O)Nc2ccc(Cl)nc2)ccc1N. The van der Waals surface area contributed by atoms with Crippen molar-refractivity contribution in [2.45, 2.75) is 0 Å². The molecular formula is C13H12ClN3O2. The van der Waals surface area contributed by atoms with E-state index in [1.54, 1.807) is 30.3 Å². The fraction of sp³-hybridized carbons (Fsp3) is 0.0769. The average molecular weight is 278 g/mol. The van der Waals surface area contributed by atoms with Crippen LogP contribution in [0.4, 0.5) is 11.4 Å². The van der Waals surface area contributed by atoms with Crippen LogP contribution >= 0.6 is 11.6 Å². The molecule has 1 amide bonds. The van der Waals surface area contributed by atoms with Crippen LogP contribution in [0.15, 0.2) is 36.5 Å². The molecule has 0 unspecified atom stereocenters. The van der Waals surface area contributed by atoms with E-state index in [9.17, 15) is 4.79 Å². The van der Waals surface area contributed by atoms with Gasteiger partial charge in [-0.3, -0.25) is 4.79 Å². The standard InChI is InChI=1S/C13H12ClN3O2/c1-19-11-6-8(2-4-10(11)15)13(18)17-9-3-5-12(14)16-7-9/h2-7H,15H2,1H3,(H,17,18). The molecule has 1 aromatic heterocycles. The van der Waals surface area contributed by atoms with Crippen molar-refractivity contribution in [1.82, 2.24) is 4.98 Å². The van der Waals surface area contributed by atoms with Gasteiger partial charge in [0.1, 0.15) is 10.9 Å². The Balaban J connectivity index is 2.18. The molecule has 0 fully saturated rings. The Morgan fingerprint density at radius 1 is 1.37 bits per heavy atom. The topological polar surface area (TPSA) is 77.2 Å². The summed E-state index contributed by atoms with van der Waals surface area (Å²) in [5.41, 5.74) is 7.17. The number of halogens is 1. The van der Waals surface area contributed by atoms with Gasteiger partial charge in [-0.15, -0.1) is 0 Å². The number of hydrogen-bond donors (Lipinski definition) is 2. The number of amides is 1. The quantitative estimate of drug-likeness (QED) is 0.668. The number of rotatable bonds is 3. The van der Waals surface area contributed by atoms with Crippen molar-refractivity contribution < 1.29 is 9.53 Å². The minimum absolute atomic E-state index is 0.276. The van der Waals surface area contributed by atoms with Crippen LogP contribution in [0.5, 0.6) is 5.75 Å². The second kappa shape index (κ2) is 5.58. The molecule has 3 N–H and O–H groups in total. The summed E-state index contributed by atoms with van der Waals surface area (Å²) in [6, 6.07) is 8.08. The molecular weight excluding hydrogens is 266 g/mol. The molecule has 0 atom stereocenters. The zero-order valence-electron chi connectivity index (χ0n) is 10.2. The molecule has 0 aliphatic carbocycles. The average Bonchev–Trinajstić information content (AvgIpc) is 2.42. The first-order chi connectivity index (χ1) is 9.10. The number of ether oxygens (including phenoxy) is 1. The molecule has 6 heteroatoms. The van der Waals surface area contributed by atoms with E-state index in [0.29, 0.717) is 27.8 Å². The maximum Gasteiger partial charge on any atom is 0.255 e. The summed E-state index contributed by atoms with van der Waals surface area (Å²) in [7, 11) is 1.50. The Kier molecular flexibility index (Phi) is 3.87. The lowest BCUT2D eigenvalue weighted by atomic mass is 10.1. The predicted molar refractivity (Wildman–Crippen MR) is 74.6 cm³/mol. The lowest BCUT2D eigenvalue weighted by Crippen LogP contribution is -2.12. The second-order valence-corrected chi connectivity index (χ2v) is 4.17. The van der Waals surface area contributed by atoms with Crippen LogP contribution < -0.4 is 15.8 Å². The number of nitrogens with zero attached hydrogens (tertiary/aromatic N) is 1. The molecule has 0 saturated heterocycles. The number of aromatic nitrogens is 1. The highest BCUT2D eigenvalue weighted by atomic mass is 35.5. The number of nitrogens with one attached hydrogen (secondary N) is 1. The molecule has 2 rings (SSSR count). The van der Waals surface area contributed by atoms with E-state index in [4.69, 9.17) is 22.1 Å². The van der Waals surface area contributed by atoms with Gasteiger partial charge < -0.3 is 15.8 Å². The molecule has 98 valence electrons. The fourth-order valence-electron chi connectivity index (χ4n) is 1.51. The number of hydrogen-bond acceptors (Lipinski definition) is 4. The van der Waals surface area contributed by atoms with Crippen molar-refractivity contribution in [1.29, 1.82) is 0 Å². The molecule has 1 heterocycles. The molecule has 0 saturated carbocycles. The molecule has 2 aromatic rings. The van der Waals surface area contributed by atoms with Crippen LogP contribution in [0, 0.1) is 0 Å². The molecule has 0 radical (unpaired) electrons. The maximum atomic E-state index is 12.0. The van der Waals surface area contributed by atoms with Gasteiger partial charge >= 0.3 is 0 Å². The number of benzene rings is 1. The van der Waals surface area contributed by atoms with Crippen LogP contribution in [0.1, 0.15) is 10.4 Å². The van der Waals surface area contributed by atoms with Gasteiger partial charge in [-0.2, -0.15) is 0 Å². The Bertz CT molecular complexity index is 599. The fourth-order valence-corrected chi connectivity index (χ4v) is 1.62. The third kappa shape index (κ3) is 3.14. The largest absolute Gasteiger partial charge is 0.495 e. The number of pyridine rings is 1. The van der Waals surface area contributed by atoms with Crippen LogP contribution in [-0.2, 0) is 0 Å². The third-order valence-corrected chi connectivity index (χ3v) is 2.70. The highest BCUT2D eigenvalue weighted by molar-refractivity contribution is 6.29. The summed E-state index contributed by atoms with van der Waals surface area (Å²) in [5, 5.41) is 3.07. The Morgan fingerprint density at radius 2 is 2.16 bits per heavy atom. The van der Waals surface area contributed by atoms with Gasteiger partial charge in [0.15, 0.2) is 0 Å². The van der Waals surface area contributed by atoms with Gasteiger partial charge in [0.25, 0.3) is 5.91 Å². The number of anilines is 2. The van der Waals surface area contributed by atoms with Crippen molar-refractivity contribution in [2.24, 2.45) is 0 Å². The summed E-state index contributed by atoms with van der Waals surface area (Å²) < 4.78 is 5.07. The van der Waals surface area contributed by atoms with Gasteiger partial charge in [0.2, 0.25) is 0 Å². The lowest BCUT2D eigenvalue weighted by molar-refractivity contribution is 0.102. The zero-order chi connectivity index (χ0) is 13.8. The van der Waals surface area contributed by atoms with Crippen LogP contribution in [0.3, 0.4) is 0 Å².